The Labute approximate surface area is 115 Å². The number of H-pyrrole nitrogens is 1. The van der Waals surface area contributed by atoms with E-state index in [0.717, 1.165) is 6.42 Å². The van der Waals surface area contributed by atoms with E-state index in [1.807, 2.05) is 6.92 Å². The molecule has 0 spiro atoms. The monoisotopic (exact) mass is 282 g/mol. The molecule has 1 aromatic heterocycles. The van der Waals surface area contributed by atoms with Crippen LogP contribution in [0.2, 0.25) is 0 Å². The third kappa shape index (κ3) is 2.44. The highest BCUT2D eigenvalue weighted by Gasteiger charge is 2.48. The summed E-state index contributed by atoms with van der Waals surface area (Å²) < 4.78 is 18.6. The Morgan fingerprint density at radius 3 is 3.15 bits per heavy atom. The Morgan fingerprint density at radius 1 is 1.55 bits per heavy atom. The number of hydrogen-bond acceptors (Lipinski definition) is 5. The molecule has 2 fully saturated rings. The molecule has 0 aromatic carbocycles. The molecule has 1 aromatic rings. The Balaban J connectivity index is 1.85. The van der Waals surface area contributed by atoms with Crippen molar-refractivity contribution in [3.63, 3.8) is 0 Å². The van der Waals surface area contributed by atoms with Crippen molar-refractivity contribution in [3.05, 3.63) is 33.1 Å². The fraction of sp³-hybridized carbons (Fsp3) is 0.692. The molecule has 7 heteroatoms. The number of fused-ring (bicyclic) bond motifs is 2. The largest absolute Gasteiger partial charge is 0.379 e. The summed E-state index contributed by atoms with van der Waals surface area (Å²) in [5.74, 6) is 0. The van der Waals surface area contributed by atoms with E-state index in [2.05, 4.69) is 4.98 Å². The van der Waals surface area contributed by atoms with E-state index < -0.39 is 23.1 Å². The number of nitrogens with one attached hydrogen (secondary N) is 1. The highest BCUT2D eigenvalue weighted by atomic mass is 16.6. The van der Waals surface area contributed by atoms with Gasteiger partial charge in [-0.3, -0.25) is 14.3 Å². The van der Waals surface area contributed by atoms with Gasteiger partial charge in [-0.25, -0.2) is 4.79 Å². The van der Waals surface area contributed by atoms with Crippen molar-refractivity contribution in [1.29, 1.82) is 0 Å². The lowest BCUT2D eigenvalue weighted by molar-refractivity contribution is -0.167. The number of ether oxygens (including phenoxy) is 3. The van der Waals surface area contributed by atoms with E-state index in [-0.39, 0.29) is 6.10 Å². The van der Waals surface area contributed by atoms with Gasteiger partial charge in [0, 0.05) is 31.7 Å². The van der Waals surface area contributed by atoms with Crippen LogP contribution in [0.5, 0.6) is 0 Å². The summed E-state index contributed by atoms with van der Waals surface area (Å²) in [5, 5.41) is 0. The smallest absolute Gasteiger partial charge is 0.330 e. The average Bonchev–Trinajstić information content (AvgIpc) is 2.72. The molecule has 2 bridgehead atoms. The van der Waals surface area contributed by atoms with Gasteiger partial charge in [0.15, 0.2) is 0 Å². The van der Waals surface area contributed by atoms with Gasteiger partial charge in [-0.15, -0.1) is 0 Å². The molecule has 2 aliphatic heterocycles. The van der Waals surface area contributed by atoms with Crippen LogP contribution in [0.3, 0.4) is 0 Å². The Bertz CT molecular complexity index is 595. The molecule has 0 saturated carbocycles. The molecule has 3 rings (SSSR count). The molecule has 3 heterocycles. The fourth-order valence-corrected chi connectivity index (χ4v) is 2.84. The molecule has 2 aliphatic rings. The lowest BCUT2D eigenvalue weighted by atomic mass is 9.95. The number of aromatic amines is 1. The third-order valence-electron chi connectivity index (χ3n) is 3.76. The molecule has 0 radical (unpaired) electrons. The van der Waals surface area contributed by atoms with Gasteiger partial charge in [-0.1, -0.05) is 0 Å². The third-order valence-corrected chi connectivity index (χ3v) is 3.76. The molecular formula is C13H18N2O5. The van der Waals surface area contributed by atoms with E-state index in [0.29, 0.717) is 26.2 Å². The van der Waals surface area contributed by atoms with E-state index in [4.69, 9.17) is 14.2 Å². The summed E-state index contributed by atoms with van der Waals surface area (Å²) in [6.45, 7) is 3.47. The summed E-state index contributed by atoms with van der Waals surface area (Å²) >= 11 is 0. The van der Waals surface area contributed by atoms with Crippen molar-refractivity contribution in [2.75, 3.05) is 19.8 Å². The summed E-state index contributed by atoms with van der Waals surface area (Å²) in [4.78, 5) is 25.2. The second-order valence-electron chi connectivity index (χ2n) is 5.28. The van der Waals surface area contributed by atoms with Gasteiger partial charge in [0.25, 0.3) is 5.56 Å². The minimum Gasteiger partial charge on any atom is -0.379 e. The fourth-order valence-electron chi connectivity index (χ4n) is 2.84. The molecule has 20 heavy (non-hydrogen) atoms. The van der Waals surface area contributed by atoms with Crippen LogP contribution in [0.4, 0.5) is 0 Å². The summed E-state index contributed by atoms with van der Waals surface area (Å²) in [7, 11) is 0. The molecular weight excluding hydrogens is 264 g/mol. The standard InChI is InChI=1S/C13H18N2O5/c1-2-18-7-13-6-9(19-8-13)5-11(20-13)15-4-3-10(16)14-12(15)17/h3-4,9,11H,2,5-8H2,1H3,(H,14,16,17). The van der Waals surface area contributed by atoms with Crippen LogP contribution in [0, 0.1) is 0 Å². The first-order valence-electron chi connectivity index (χ1n) is 6.80. The minimum atomic E-state index is -0.487. The van der Waals surface area contributed by atoms with Gasteiger partial charge in [0.2, 0.25) is 0 Å². The van der Waals surface area contributed by atoms with Crippen molar-refractivity contribution in [2.45, 2.75) is 37.7 Å². The van der Waals surface area contributed by atoms with Gasteiger partial charge in [-0.05, 0) is 6.92 Å². The number of nitrogens with zero attached hydrogens (tertiary/aromatic N) is 1. The summed E-state index contributed by atoms with van der Waals surface area (Å²) in [6, 6.07) is 1.32. The lowest BCUT2D eigenvalue weighted by Crippen LogP contribution is -2.46. The molecule has 3 atom stereocenters. The summed E-state index contributed by atoms with van der Waals surface area (Å²) in [5.41, 5.74) is -1.36. The number of aromatic nitrogens is 2. The van der Waals surface area contributed by atoms with Crippen molar-refractivity contribution in [2.24, 2.45) is 0 Å². The lowest BCUT2D eigenvalue weighted by Gasteiger charge is -2.36. The van der Waals surface area contributed by atoms with E-state index in [9.17, 15) is 9.59 Å². The van der Waals surface area contributed by atoms with Crippen LogP contribution in [0.25, 0.3) is 0 Å². The normalized spacial score (nSPS) is 32.5. The first-order chi connectivity index (χ1) is 9.62. The van der Waals surface area contributed by atoms with E-state index in [1.54, 1.807) is 0 Å². The van der Waals surface area contributed by atoms with Gasteiger partial charge in [0.1, 0.15) is 11.8 Å². The maximum Gasteiger partial charge on any atom is 0.330 e. The molecule has 2 saturated heterocycles. The SMILES string of the molecule is CCOCC12COC(CC(n3ccc(=O)[nH]c3=O)O1)C2. The van der Waals surface area contributed by atoms with Crippen LogP contribution < -0.4 is 11.2 Å². The van der Waals surface area contributed by atoms with Crippen molar-refractivity contribution in [3.8, 4) is 0 Å². The van der Waals surface area contributed by atoms with Crippen LogP contribution in [0.15, 0.2) is 21.9 Å². The van der Waals surface area contributed by atoms with Gasteiger partial charge < -0.3 is 14.2 Å². The predicted octanol–water partition coefficient (Wildman–Crippen LogP) is 0.0197. The van der Waals surface area contributed by atoms with Gasteiger partial charge in [-0.2, -0.15) is 0 Å². The maximum absolute atomic E-state index is 11.8. The zero-order chi connectivity index (χ0) is 14.2. The van der Waals surface area contributed by atoms with Crippen molar-refractivity contribution < 1.29 is 14.2 Å². The van der Waals surface area contributed by atoms with Crippen LogP contribution in [-0.4, -0.2) is 41.1 Å². The zero-order valence-corrected chi connectivity index (χ0v) is 11.3. The number of rotatable bonds is 4. The molecule has 3 unspecified atom stereocenters. The quantitative estimate of drug-likeness (QED) is 0.842. The molecule has 110 valence electrons. The van der Waals surface area contributed by atoms with Crippen molar-refractivity contribution in [1.82, 2.24) is 9.55 Å². The first kappa shape index (κ1) is 13.5. The zero-order valence-electron chi connectivity index (χ0n) is 11.3. The molecule has 0 aliphatic carbocycles. The highest BCUT2D eigenvalue weighted by molar-refractivity contribution is 4.96. The molecule has 0 amide bonds. The maximum atomic E-state index is 11.8. The van der Waals surface area contributed by atoms with E-state index >= 15 is 0 Å². The Kier molecular flexibility index (Phi) is 3.49. The van der Waals surface area contributed by atoms with E-state index in [1.165, 1.54) is 16.8 Å². The minimum absolute atomic E-state index is 0.0630. The first-order valence-corrected chi connectivity index (χ1v) is 6.80. The van der Waals surface area contributed by atoms with Crippen LogP contribution in [0.1, 0.15) is 26.0 Å². The second kappa shape index (κ2) is 5.16. The molecule has 7 nitrogen and oxygen atoms in total. The van der Waals surface area contributed by atoms with Gasteiger partial charge in [0.05, 0.1) is 19.3 Å². The topological polar surface area (TPSA) is 82.5 Å². The highest BCUT2D eigenvalue weighted by Crippen LogP contribution is 2.41. The Morgan fingerprint density at radius 2 is 2.40 bits per heavy atom. The predicted molar refractivity (Wildman–Crippen MR) is 69.6 cm³/mol. The van der Waals surface area contributed by atoms with Crippen LogP contribution in [-0.2, 0) is 14.2 Å². The van der Waals surface area contributed by atoms with Crippen molar-refractivity contribution >= 4 is 0 Å². The average molecular weight is 282 g/mol. The Hall–Kier alpha value is -1.44. The van der Waals surface area contributed by atoms with Crippen LogP contribution >= 0.6 is 0 Å². The second-order valence-corrected chi connectivity index (χ2v) is 5.28. The van der Waals surface area contributed by atoms with Gasteiger partial charge >= 0.3 is 5.69 Å². The number of hydrogen-bond donors (Lipinski definition) is 1. The summed E-state index contributed by atoms with van der Waals surface area (Å²) in [6.07, 6.45) is 2.47. The molecule has 1 N–H and O–H groups in total.